The zero-order valence-corrected chi connectivity index (χ0v) is 18.0. The molecule has 0 radical (unpaired) electrons. The summed E-state index contributed by atoms with van der Waals surface area (Å²) in [7, 11) is 0. The van der Waals surface area contributed by atoms with Crippen LogP contribution in [0.5, 0.6) is 0 Å². The van der Waals surface area contributed by atoms with Gasteiger partial charge < -0.3 is 14.6 Å². The molecule has 0 amide bonds. The Kier molecular flexibility index (Phi) is 6.45. The first-order valence-corrected chi connectivity index (χ1v) is 9.54. The van der Waals surface area contributed by atoms with Crippen LogP contribution in [0.25, 0.3) is 0 Å². The van der Waals surface area contributed by atoms with Crippen molar-refractivity contribution in [2.75, 3.05) is 6.61 Å². The predicted molar refractivity (Wildman–Crippen MR) is 101 cm³/mol. The fourth-order valence-corrected chi connectivity index (χ4v) is 3.90. The van der Waals surface area contributed by atoms with Gasteiger partial charge in [0.05, 0.1) is 0 Å². The van der Waals surface area contributed by atoms with Gasteiger partial charge in [-0.15, -0.1) is 0 Å². The summed E-state index contributed by atoms with van der Waals surface area (Å²) in [6.07, 6.45) is 1.00. The third kappa shape index (κ3) is 4.97. The number of hydrogen-bond donors (Lipinski definition) is 1. The molecule has 1 saturated carbocycles. The van der Waals surface area contributed by atoms with Gasteiger partial charge in [-0.3, -0.25) is 0 Å². The van der Waals surface area contributed by atoms with Gasteiger partial charge in [0.15, 0.2) is 6.29 Å². The monoisotopic (exact) mass is 356 g/mol. The molecule has 1 N–H and O–H groups in total. The normalized spacial score (nSPS) is 29.1. The van der Waals surface area contributed by atoms with E-state index in [1.54, 1.807) is 0 Å². The largest absolute Gasteiger partial charge is 0.457 e. The van der Waals surface area contributed by atoms with E-state index in [-0.39, 0.29) is 22.9 Å². The smallest absolute Gasteiger partial charge is 0.332 e. The quantitative estimate of drug-likeness (QED) is 0.549. The van der Waals surface area contributed by atoms with Crippen LogP contribution in [0.4, 0.5) is 0 Å². The molecule has 3 atom stereocenters. The molecule has 0 bridgehead atoms. The summed E-state index contributed by atoms with van der Waals surface area (Å²) in [6.45, 7) is 20.6. The van der Waals surface area contributed by atoms with Crippen LogP contribution >= 0.6 is 0 Å². The summed E-state index contributed by atoms with van der Waals surface area (Å²) in [5.74, 6) is 0.321. The first-order valence-electron chi connectivity index (χ1n) is 9.54. The Morgan fingerprint density at radius 1 is 1.08 bits per heavy atom. The lowest BCUT2D eigenvalue weighted by Gasteiger charge is -2.58. The average Bonchev–Trinajstić information content (AvgIpc) is 2.39. The average molecular weight is 357 g/mol. The molecular formula is C21H40O4. The van der Waals surface area contributed by atoms with Gasteiger partial charge in [0.1, 0.15) is 12.2 Å². The third-order valence-electron chi connectivity index (χ3n) is 6.37. The maximum Gasteiger partial charge on any atom is 0.332 e. The van der Waals surface area contributed by atoms with Gasteiger partial charge in [-0.1, -0.05) is 55.4 Å². The number of rotatable bonds is 6. The van der Waals surface area contributed by atoms with Crippen molar-refractivity contribution in [1.29, 1.82) is 0 Å². The Morgan fingerprint density at radius 3 is 1.92 bits per heavy atom. The fraction of sp³-hybridized carbons (Fsp3) is 0.952. The highest BCUT2D eigenvalue weighted by Crippen LogP contribution is 2.59. The van der Waals surface area contributed by atoms with Crippen LogP contribution in [-0.2, 0) is 14.3 Å². The summed E-state index contributed by atoms with van der Waals surface area (Å²) in [5.41, 5.74) is -0.982. The number of aliphatic hydroxyl groups is 1. The van der Waals surface area contributed by atoms with E-state index in [1.165, 1.54) is 0 Å². The molecule has 0 aromatic carbocycles. The second kappa shape index (κ2) is 7.19. The van der Waals surface area contributed by atoms with E-state index in [9.17, 15) is 9.90 Å². The summed E-state index contributed by atoms with van der Waals surface area (Å²) in [4.78, 5) is 12.2. The predicted octanol–water partition coefficient (Wildman–Crippen LogP) is 4.79. The highest BCUT2D eigenvalue weighted by atomic mass is 16.6. The van der Waals surface area contributed by atoms with Crippen molar-refractivity contribution in [2.24, 2.45) is 28.1 Å². The Balaban J connectivity index is 2.73. The van der Waals surface area contributed by atoms with Crippen molar-refractivity contribution in [1.82, 2.24) is 0 Å². The van der Waals surface area contributed by atoms with Gasteiger partial charge in [-0.05, 0) is 43.9 Å². The van der Waals surface area contributed by atoms with E-state index in [0.29, 0.717) is 11.8 Å². The van der Waals surface area contributed by atoms with Gasteiger partial charge in [-0.2, -0.15) is 0 Å². The molecule has 1 rings (SSSR count). The zero-order valence-electron chi connectivity index (χ0n) is 18.0. The first kappa shape index (κ1) is 22.4. The maximum absolute atomic E-state index is 12.2. The highest BCUT2D eigenvalue weighted by molar-refractivity contribution is 5.71. The van der Waals surface area contributed by atoms with Crippen molar-refractivity contribution >= 4 is 5.97 Å². The van der Waals surface area contributed by atoms with Crippen molar-refractivity contribution in [3.63, 3.8) is 0 Å². The van der Waals surface area contributed by atoms with Crippen LogP contribution in [-0.4, -0.2) is 29.6 Å². The molecule has 1 fully saturated rings. The summed E-state index contributed by atoms with van der Waals surface area (Å²) in [6, 6.07) is 0. The summed E-state index contributed by atoms with van der Waals surface area (Å²) >= 11 is 0. The highest BCUT2D eigenvalue weighted by Gasteiger charge is 2.57. The lowest BCUT2D eigenvalue weighted by molar-refractivity contribution is -0.260. The topological polar surface area (TPSA) is 55.8 Å². The van der Waals surface area contributed by atoms with Crippen LogP contribution in [0.2, 0.25) is 0 Å². The molecule has 148 valence electrons. The van der Waals surface area contributed by atoms with Crippen LogP contribution in [0.15, 0.2) is 0 Å². The molecule has 4 nitrogen and oxygen atoms in total. The molecule has 0 aromatic heterocycles. The number of carbonyl (C=O) groups excluding carboxylic acids is 1. The van der Waals surface area contributed by atoms with Crippen LogP contribution < -0.4 is 0 Å². The Bertz CT molecular complexity index is 459. The minimum absolute atomic E-state index is 0.0853. The van der Waals surface area contributed by atoms with Crippen molar-refractivity contribution in [3.05, 3.63) is 0 Å². The first-order chi connectivity index (χ1) is 11.0. The van der Waals surface area contributed by atoms with Crippen molar-refractivity contribution < 1.29 is 19.4 Å². The number of ether oxygens (including phenoxy) is 2. The zero-order chi connectivity index (χ0) is 19.8. The van der Waals surface area contributed by atoms with Gasteiger partial charge in [0.25, 0.3) is 0 Å². The molecule has 0 saturated heterocycles. The summed E-state index contributed by atoms with van der Waals surface area (Å²) in [5, 5.41) is 10.8. The van der Waals surface area contributed by atoms with Gasteiger partial charge in [0.2, 0.25) is 0 Å². The van der Waals surface area contributed by atoms with Crippen molar-refractivity contribution in [2.45, 2.75) is 94.0 Å². The number of hydrogen-bond acceptors (Lipinski definition) is 4. The van der Waals surface area contributed by atoms with E-state index >= 15 is 0 Å². The van der Waals surface area contributed by atoms with Crippen LogP contribution in [0.1, 0.15) is 82.1 Å². The molecule has 0 aliphatic heterocycles. The Morgan fingerprint density at radius 2 is 1.56 bits per heavy atom. The van der Waals surface area contributed by atoms with Crippen LogP contribution in [0.3, 0.4) is 0 Å². The summed E-state index contributed by atoms with van der Waals surface area (Å²) < 4.78 is 11.2. The minimum atomic E-state index is -0.948. The Labute approximate surface area is 154 Å². The molecule has 0 aromatic rings. The van der Waals surface area contributed by atoms with Gasteiger partial charge in [-0.25, -0.2) is 4.79 Å². The standard InChI is InChI=1S/C21H40O4/c1-14-11-15(2)21(14,13-18(3,4)5)17(23)24-12-16(22)25-20(9,10)19(6,7)8/h14-15,17,23H,11-13H2,1-10H3. The molecule has 3 unspecified atom stereocenters. The number of aliphatic hydroxyl groups excluding tert-OH is 1. The second-order valence-corrected chi connectivity index (χ2v) is 10.8. The number of carbonyl (C=O) groups is 1. The molecule has 0 heterocycles. The minimum Gasteiger partial charge on any atom is -0.457 e. The molecule has 1 aliphatic carbocycles. The lowest BCUT2D eigenvalue weighted by Crippen LogP contribution is -2.57. The third-order valence-corrected chi connectivity index (χ3v) is 6.37. The molecular weight excluding hydrogens is 316 g/mol. The maximum atomic E-state index is 12.2. The van der Waals surface area contributed by atoms with E-state index in [1.807, 2.05) is 34.6 Å². The number of esters is 1. The molecule has 0 spiro atoms. The van der Waals surface area contributed by atoms with Crippen LogP contribution in [0, 0.1) is 28.1 Å². The van der Waals surface area contributed by atoms with Gasteiger partial charge >= 0.3 is 5.97 Å². The lowest BCUT2D eigenvalue weighted by atomic mass is 9.49. The Hall–Kier alpha value is -0.610. The molecule has 25 heavy (non-hydrogen) atoms. The fourth-order valence-electron chi connectivity index (χ4n) is 3.90. The van der Waals surface area contributed by atoms with E-state index in [4.69, 9.17) is 9.47 Å². The van der Waals surface area contributed by atoms with E-state index < -0.39 is 17.9 Å². The second-order valence-electron chi connectivity index (χ2n) is 10.8. The van der Waals surface area contributed by atoms with E-state index in [2.05, 4.69) is 34.6 Å². The SMILES string of the molecule is CC1CC(C)C1(CC(C)(C)C)C(O)OCC(=O)OC(C)(C)C(C)(C)C. The van der Waals surface area contributed by atoms with Crippen molar-refractivity contribution in [3.8, 4) is 0 Å². The molecule has 1 aliphatic rings. The van der Waals surface area contributed by atoms with E-state index in [0.717, 1.165) is 12.8 Å². The van der Waals surface area contributed by atoms with Gasteiger partial charge in [0, 0.05) is 10.8 Å². The molecule has 4 heteroatoms.